The number of carbonyl (C=O) groups is 1. The van der Waals surface area contributed by atoms with Gasteiger partial charge in [-0.15, -0.1) is 0 Å². The van der Waals surface area contributed by atoms with Crippen molar-refractivity contribution < 1.29 is 4.79 Å². The van der Waals surface area contributed by atoms with E-state index in [4.69, 9.17) is 5.73 Å². The number of nitrogens with one attached hydrogen (secondary N) is 1. The summed E-state index contributed by atoms with van der Waals surface area (Å²) in [5.74, 6) is 0.459. The molecule has 0 spiro atoms. The quantitative estimate of drug-likeness (QED) is 0.858. The topological polar surface area (TPSA) is 55.1 Å². The van der Waals surface area contributed by atoms with Crippen molar-refractivity contribution in [1.29, 1.82) is 0 Å². The lowest BCUT2D eigenvalue weighted by Gasteiger charge is -2.30. The van der Waals surface area contributed by atoms with Crippen molar-refractivity contribution in [1.82, 2.24) is 0 Å². The van der Waals surface area contributed by atoms with Crippen molar-refractivity contribution in [2.45, 2.75) is 45.1 Å². The van der Waals surface area contributed by atoms with Crippen LogP contribution in [0.5, 0.6) is 0 Å². The number of benzene rings is 1. The van der Waals surface area contributed by atoms with Gasteiger partial charge in [0.1, 0.15) is 0 Å². The highest BCUT2D eigenvalue weighted by molar-refractivity contribution is 5.76. The molecule has 0 bridgehead atoms. The van der Waals surface area contributed by atoms with Crippen molar-refractivity contribution in [3.8, 4) is 0 Å². The zero-order chi connectivity index (χ0) is 13.0. The van der Waals surface area contributed by atoms with Gasteiger partial charge in [-0.3, -0.25) is 4.79 Å². The lowest BCUT2D eigenvalue weighted by Crippen LogP contribution is -2.30. The number of hydrogen-bond acceptors (Lipinski definition) is 2. The molecule has 1 aliphatic carbocycles. The summed E-state index contributed by atoms with van der Waals surface area (Å²) in [6.07, 6.45) is 5.57. The molecule has 0 saturated heterocycles. The molecule has 0 radical (unpaired) electrons. The van der Waals surface area contributed by atoms with Crippen LogP contribution >= 0.6 is 0 Å². The largest absolute Gasteiger partial charge is 0.382 e. The Balaban J connectivity index is 1.95. The normalized spacial score (nSPS) is 23.6. The Morgan fingerprint density at radius 2 is 1.94 bits per heavy atom. The van der Waals surface area contributed by atoms with Crippen molar-refractivity contribution in [2.75, 3.05) is 5.32 Å². The first-order valence-corrected chi connectivity index (χ1v) is 6.79. The van der Waals surface area contributed by atoms with E-state index in [0.717, 1.165) is 17.2 Å². The molecule has 1 aromatic carbocycles. The van der Waals surface area contributed by atoms with Gasteiger partial charge in [0.2, 0.25) is 5.91 Å². The van der Waals surface area contributed by atoms with E-state index in [0.29, 0.717) is 12.5 Å². The summed E-state index contributed by atoms with van der Waals surface area (Å²) in [6.45, 7) is 2.32. The SMILES string of the molecule is CC1CCCCC1Nc1ccc(CC(N)=O)cc1. The fourth-order valence-electron chi connectivity index (χ4n) is 2.66. The molecule has 1 aromatic rings. The molecule has 0 aromatic heterocycles. The number of carbonyl (C=O) groups excluding carboxylic acids is 1. The third-order valence-electron chi connectivity index (χ3n) is 3.80. The molecule has 2 atom stereocenters. The van der Waals surface area contributed by atoms with Gasteiger partial charge in [-0.1, -0.05) is 31.9 Å². The van der Waals surface area contributed by atoms with Crippen molar-refractivity contribution >= 4 is 11.6 Å². The van der Waals surface area contributed by atoms with Gasteiger partial charge < -0.3 is 11.1 Å². The van der Waals surface area contributed by atoms with Crippen LogP contribution in [-0.4, -0.2) is 11.9 Å². The molecule has 1 amide bonds. The van der Waals surface area contributed by atoms with E-state index in [2.05, 4.69) is 12.2 Å². The second-order valence-corrected chi connectivity index (χ2v) is 5.35. The Bertz CT molecular complexity index is 399. The Morgan fingerprint density at radius 3 is 2.56 bits per heavy atom. The van der Waals surface area contributed by atoms with E-state index in [-0.39, 0.29) is 5.91 Å². The van der Waals surface area contributed by atoms with Crippen molar-refractivity contribution in [2.24, 2.45) is 11.7 Å². The number of nitrogens with two attached hydrogens (primary N) is 1. The highest BCUT2D eigenvalue weighted by Crippen LogP contribution is 2.26. The lowest BCUT2D eigenvalue weighted by molar-refractivity contribution is -0.117. The predicted octanol–water partition coefficient (Wildman–Crippen LogP) is 2.71. The van der Waals surface area contributed by atoms with Crippen LogP contribution in [-0.2, 0) is 11.2 Å². The van der Waals surface area contributed by atoms with E-state index in [1.165, 1.54) is 25.7 Å². The van der Waals surface area contributed by atoms with Gasteiger partial charge in [-0.25, -0.2) is 0 Å². The summed E-state index contributed by atoms with van der Waals surface area (Å²) < 4.78 is 0. The lowest BCUT2D eigenvalue weighted by atomic mass is 9.86. The average Bonchev–Trinajstić information content (AvgIpc) is 2.34. The van der Waals surface area contributed by atoms with Crippen LogP contribution in [0.15, 0.2) is 24.3 Å². The van der Waals surface area contributed by atoms with E-state index < -0.39 is 0 Å². The fourth-order valence-corrected chi connectivity index (χ4v) is 2.66. The van der Waals surface area contributed by atoms with Gasteiger partial charge >= 0.3 is 0 Å². The first-order valence-electron chi connectivity index (χ1n) is 6.79. The standard InChI is InChI=1S/C15H22N2O/c1-11-4-2-3-5-14(11)17-13-8-6-12(7-9-13)10-15(16)18/h6-9,11,14,17H,2-5,10H2,1H3,(H2,16,18). The molecular formula is C15H22N2O. The first-order chi connectivity index (χ1) is 8.65. The minimum Gasteiger partial charge on any atom is -0.382 e. The number of primary amides is 1. The maximum absolute atomic E-state index is 10.8. The van der Waals surface area contributed by atoms with Gasteiger partial charge in [0.15, 0.2) is 0 Å². The molecule has 2 rings (SSSR count). The number of amides is 1. The van der Waals surface area contributed by atoms with Gasteiger partial charge in [0.25, 0.3) is 0 Å². The zero-order valence-corrected chi connectivity index (χ0v) is 11.0. The Morgan fingerprint density at radius 1 is 1.28 bits per heavy atom. The summed E-state index contributed by atoms with van der Waals surface area (Å²) in [5, 5.41) is 3.59. The van der Waals surface area contributed by atoms with E-state index in [1.807, 2.05) is 24.3 Å². The smallest absolute Gasteiger partial charge is 0.221 e. The molecule has 1 fully saturated rings. The van der Waals surface area contributed by atoms with Gasteiger partial charge in [-0.2, -0.15) is 0 Å². The molecule has 3 heteroatoms. The molecule has 3 nitrogen and oxygen atoms in total. The summed E-state index contributed by atoms with van der Waals surface area (Å²) in [6, 6.07) is 8.61. The van der Waals surface area contributed by atoms with Crippen LogP contribution in [0.3, 0.4) is 0 Å². The van der Waals surface area contributed by atoms with Crippen LogP contribution in [0.4, 0.5) is 5.69 Å². The Labute approximate surface area is 109 Å². The predicted molar refractivity (Wildman–Crippen MR) is 74.4 cm³/mol. The van der Waals surface area contributed by atoms with Crippen molar-refractivity contribution in [3.05, 3.63) is 29.8 Å². The molecule has 1 saturated carbocycles. The number of hydrogen-bond donors (Lipinski definition) is 2. The average molecular weight is 246 g/mol. The monoisotopic (exact) mass is 246 g/mol. The minimum atomic E-state index is -0.281. The summed E-state index contributed by atoms with van der Waals surface area (Å²) in [4.78, 5) is 10.8. The van der Waals surface area contributed by atoms with E-state index in [9.17, 15) is 4.79 Å². The molecule has 2 unspecified atom stereocenters. The van der Waals surface area contributed by atoms with Gasteiger partial charge in [-0.05, 0) is 36.5 Å². The Hall–Kier alpha value is -1.51. The van der Waals surface area contributed by atoms with Gasteiger partial charge in [0.05, 0.1) is 6.42 Å². The minimum absolute atomic E-state index is 0.281. The van der Waals surface area contributed by atoms with Crippen LogP contribution in [0.25, 0.3) is 0 Å². The van der Waals surface area contributed by atoms with Gasteiger partial charge in [0, 0.05) is 11.7 Å². The number of anilines is 1. The van der Waals surface area contributed by atoms with Crippen LogP contribution in [0.1, 0.15) is 38.2 Å². The molecule has 3 N–H and O–H groups in total. The molecule has 1 aliphatic rings. The summed E-state index contributed by atoms with van der Waals surface area (Å²) in [5.41, 5.74) is 7.29. The second-order valence-electron chi connectivity index (χ2n) is 5.35. The molecule has 98 valence electrons. The molecule has 0 heterocycles. The van der Waals surface area contributed by atoms with Crippen LogP contribution in [0.2, 0.25) is 0 Å². The van der Waals surface area contributed by atoms with Crippen molar-refractivity contribution in [3.63, 3.8) is 0 Å². The fraction of sp³-hybridized carbons (Fsp3) is 0.533. The van der Waals surface area contributed by atoms with Crippen LogP contribution < -0.4 is 11.1 Å². The maximum atomic E-state index is 10.8. The highest BCUT2D eigenvalue weighted by Gasteiger charge is 2.20. The Kier molecular flexibility index (Phi) is 4.24. The summed E-state index contributed by atoms with van der Waals surface area (Å²) in [7, 11) is 0. The zero-order valence-electron chi connectivity index (χ0n) is 11.0. The number of rotatable bonds is 4. The maximum Gasteiger partial charge on any atom is 0.221 e. The summed E-state index contributed by atoms with van der Waals surface area (Å²) >= 11 is 0. The third kappa shape index (κ3) is 3.49. The molecular weight excluding hydrogens is 224 g/mol. The molecule has 18 heavy (non-hydrogen) atoms. The highest BCUT2D eigenvalue weighted by atomic mass is 16.1. The van der Waals surface area contributed by atoms with E-state index in [1.54, 1.807) is 0 Å². The second kappa shape index (κ2) is 5.89. The molecule has 0 aliphatic heterocycles. The van der Waals surface area contributed by atoms with Crippen LogP contribution in [0, 0.1) is 5.92 Å². The third-order valence-corrected chi connectivity index (χ3v) is 3.80. The first kappa shape index (κ1) is 12.9. The van der Waals surface area contributed by atoms with E-state index >= 15 is 0 Å².